The number of ether oxygens (including phenoxy) is 1. The molecule has 0 spiro atoms. The Labute approximate surface area is 157 Å². The first-order valence-corrected chi connectivity index (χ1v) is 9.98. The molecule has 3 rings (SSSR count). The van der Waals surface area contributed by atoms with Gasteiger partial charge in [-0.2, -0.15) is 9.40 Å². The molecule has 27 heavy (non-hydrogen) atoms. The molecule has 9 heteroatoms. The van der Waals surface area contributed by atoms with Crippen LogP contribution in [0, 0.1) is 13.8 Å². The summed E-state index contributed by atoms with van der Waals surface area (Å²) in [5.74, 6) is -0.321. The van der Waals surface area contributed by atoms with Gasteiger partial charge in [0.15, 0.2) is 0 Å². The number of nitrogens with zero attached hydrogens (tertiary/aromatic N) is 4. The topological polar surface area (TPSA) is 94.4 Å². The highest BCUT2D eigenvalue weighted by Gasteiger charge is 2.32. The number of para-hydroxylation sites is 1. The number of hydrogen-bond donors (Lipinski definition) is 0. The Morgan fingerprint density at radius 1 is 1.22 bits per heavy atom. The van der Waals surface area contributed by atoms with Gasteiger partial charge in [-0.25, -0.2) is 13.4 Å². The van der Waals surface area contributed by atoms with Crippen LogP contribution < -0.4 is 9.04 Å². The highest BCUT2D eigenvalue weighted by molar-refractivity contribution is 7.92. The number of rotatable bonds is 4. The average molecular weight is 388 g/mol. The number of aryl methyl sites for hydroxylation is 2. The van der Waals surface area contributed by atoms with E-state index in [1.165, 1.54) is 17.9 Å². The molecule has 1 amide bonds. The largest absolute Gasteiger partial charge is 0.496 e. The predicted molar refractivity (Wildman–Crippen MR) is 103 cm³/mol. The molecule has 0 radical (unpaired) electrons. The third kappa shape index (κ3) is 3.25. The van der Waals surface area contributed by atoms with Crippen LogP contribution in [0.1, 0.15) is 21.9 Å². The minimum atomic E-state index is -3.92. The predicted octanol–water partition coefficient (Wildman–Crippen LogP) is 2.20. The second kappa shape index (κ2) is 6.66. The van der Waals surface area contributed by atoms with Gasteiger partial charge in [0.25, 0.3) is 5.91 Å². The van der Waals surface area contributed by atoms with Crippen molar-refractivity contribution in [2.45, 2.75) is 13.8 Å². The van der Waals surface area contributed by atoms with Crippen LogP contribution in [0.2, 0.25) is 0 Å². The van der Waals surface area contributed by atoms with E-state index in [0.29, 0.717) is 22.7 Å². The zero-order chi connectivity index (χ0) is 19.9. The first-order chi connectivity index (χ1) is 12.6. The van der Waals surface area contributed by atoms with Crippen molar-refractivity contribution < 1.29 is 17.9 Å². The number of anilines is 1. The summed E-state index contributed by atoms with van der Waals surface area (Å²) < 4.78 is 32.6. The summed E-state index contributed by atoms with van der Waals surface area (Å²) in [5, 5.41) is 4.95. The summed E-state index contributed by atoms with van der Waals surface area (Å²) in [4.78, 5) is 17.6. The molecule has 0 atom stereocenters. The van der Waals surface area contributed by atoms with Gasteiger partial charge in [0.1, 0.15) is 17.1 Å². The van der Waals surface area contributed by atoms with Crippen LogP contribution in [-0.4, -0.2) is 42.5 Å². The molecule has 3 aromatic rings. The fraction of sp³-hybridized carbons (Fsp3) is 0.278. The normalized spacial score (nSPS) is 11.6. The lowest BCUT2D eigenvalue weighted by Gasteiger charge is -2.21. The zero-order valence-corrected chi connectivity index (χ0v) is 16.5. The van der Waals surface area contributed by atoms with Crippen LogP contribution in [0.3, 0.4) is 0 Å². The van der Waals surface area contributed by atoms with Crippen LogP contribution >= 0.6 is 0 Å². The standard InChI is InChI=1S/C18H20N4O4S/c1-11-17(12(2)21(3)20-11)22(27(5,24)25)18(23)15-10-16(26-4)13-8-6-7-9-14(13)19-15/h6-10H,1-5H3. The number of amides is 1. The van der Waals surface area contributed by atoms with Gasteiger partial charge >= 0.3 is 0 Å². The number of benzene rings is 1. The third-order valence-corrected chi connectivity index (χ3v) is 5.32. The summed E-state index contributed by atoms with van der Waals surface area (Å²) in [6.45, 7) is 3.36. The van der Waals surface area contributed by atoms with Crippen molar-refractivity contribution in [3.63, 3.8) is 0 Å². The summed E-state index contributed by atoms with van der Waals surface area (Å²) in [6, 6.07) is 8.62. The molecule has 0 saturated heterocycles. The molecule has 2 heterocycles. The van der Waals surface area contributed by atoms with Crippen LogP contribution in [0.25, 0.3) is 10.9 Å². The van der Waals surface area contributed by atoms with Gasteiger partial charge in [0, 0.05) is 18.5 Å². The number of methoxy groups -OCH3 is 1. The van der Waals surface area contributed by atoms with Gasteiger partial charge in [-0.3, -0.25) is 9.48 Å². The fourth-order valence-corrected chi connectivity index (χ4v) is 3.99. The third-order valence-electron chi connectivity index (χ3n) is 4.31. The van der Waals surface area contributed by atoms with Crippen LogP contribution in [-0.2, 0) is 17.1 Å². The van der Waals surface area contributed by atoms with Crippen molar-refractivity contribution in [2.75, 3.05) is 17.7 Å². The SMILES string of the molecule is COc1cc(C(=O)N(c2c(C)nn(C)c2C)S(C)(=O)=O)nc2ccccc12. The summed E-state index contributed by atoms with van der Waals surface area (Å²) in [7, 11) is -0.746. The van der Waals surface area contributed by atoms with Gasteiger partial charge in [0.05, 0.1) is 30.3 Å². The van der Waals surface area contributed by atoms with Gasteiger partial charge in [-0.15, -0.1) is 0 Å². The smallest absolute Gasteiger partial charge is 0.290 e. The van der Waals surface area contributed by atoms with E-state index in [-0.39, 0.29) is 11.4 Å². The molecule has 0 aliphatic rings. The van der Waals surface area contributed by atoms with Gasteiger partial charge in [-0.1, -0.05) is 12.1 Å². The summed E-state index contributed by atoms with van der Waals surface area (Å²) in [6.07, 6.45) is 0.981. The molecule has 142 valence electrons. The molecule has 0 fully saturated rings. The lowest BCUT2D eigenvalue weighted by molar-refractivity contribution is 0.100. The van der Waals surface area contributed by atoms with Crippen molar-refractivity contribution in [2.24, 2.45) is 7.05 Å². The van der Waals surface area contributed by atoms with E-state index in [4.69, 9.17) is 4.74 Å². The van der Waals surface area contributed by atoms with Crippen LogP contribution in [0.4, 0.5) is 5.69 Å². The zero-order valence-electron chi connectivity index (χ0n) is 15.7. The van der Waals surface area contributed by atoms with Gasteiger partial charge < -0.3 is 4.74 Å². The van der Waals surface area contributed by atoms with E-state index in [1.807, 2.05) is 12.1 Å². The Kier molecular flexibility index (Phi) is 4.64. The molecule has 0 N–H and O–H groups in total. The van der Waals surface area contributed by atoms with Crippen LogP contribution in [0.5, 0.6) is 5.75 Å². The molecule has 0 unspecified atom stereocenters. The Hall–Kier alpha value is -2.94. The van der Waals surface area contributed by atoms with E-state index in [9.17, 15) is 13.2 Å². The lowest BCUT2D eigenvalue weighted by atomic mass is 10.1. The molecule has 8 nitrogen and oxygen atoms in total. The second-order valence-electron chi connectivity index (χ2n) is 6.20. The van der Waals surface area contributed by atoms with Gasteiger partial charge in [-0.05, 0) is 26.0 Å². The first kappa shape index (κ1) is 18.8. The van der Waals surface area contributed by atoms with Crippen molar-refractivity contribution in [3.05, 3.63) is 47.4 Å². The molecule has 0 bridgehead atoms. The van der Waals surface area contributed by atoms with E-state index in [2.05, 4.69) is 10.1 Å². The summed E-state index contributed by atoms with van der Waals surface area (Å²) in [5.41, 5.74) is 1.73. The molecule has 1 aromatic carbocycles. The van der Waals surface area contributed by atoms with E-state index in [1.54, 1.807) is 33.0 Å². The number of sulfonamides is 1. The summed E-state index contributed by atoms with van der Waals surface area (Å²) >= 11 is 0. The molecular weight excluding hydrogens is 368 g/mol. The number of carbonyl (C=O) groups is 1. The number of carbonyl (C=O) groups excluding carboxylic acids is 1. The highest BCUT2D eigenvalue weighted by Crippen LogP contribution is 2.30. The first-order valence-electron chi connectivity index (χ1n) is 8.13. The van der Waals surface area contributed by atoms with E-state index >= 15 is 0 Å². The van der Waals surface area contributed by atoms with Crippen molar-refractivity contribution in [3.8, 4) is 5.75 Å². The Morgan fingerprint density at radius 2 is 1.89 bits per heavy atom. The minimum absolute atomic E-state index is 0.0290. The number of fused-ring (bicyclic) bond motifs is 1. The maximum Gasteiger partial charge on any atom is 0.290 e. The average Bonchev–Trinajstić information content (AvgIpc) is 2.86. The van der Waals surface area contributed by atoms with Crippen molar-refractivity contribution >= 4 is 32.5 Å². The molecule has 0 saturated carbocycles. The number of aromatic nitrogens is 3. The Bertz CT molecular complexity index is 1150. The van der Waals surface area contributed by atoms with Crippen LogP contribution in [0.15, 0.2) is 30.3 Å². The van der Waals surface area contributed by atoms with Gasteiger partial charge in [0.2, 0.25) is 10.0 Å². The Morgan fingerprint density at radius 3 is 2.44 bits per heavy atom. The minimum Gasteiger partial charge on any atom is -0.496 e. The second-order valence-corrected chi connectivity index (χ2v) is 8.03. The molecule has 0 aliphatic heterocycles. The lowest BCUT2D eigenvalue weighted by Crippen LogP contribution is -2.37. The van der Waals surface area contributed by atoms with Crippen molar-refractivity contribution in [1.29, 1.82) is 0 Å². The quantitative estimate of drug-likeness (QED) is 0.680. The molecule has 2 aromatic heterocycles. The molecular formula is C18H20N4O4S. The maximum absolute atomic E-state index is 13.2. The number of hydrogen-bond acceptors (Lipinski definition) is 6. The Balaban J connectivity index is 2.23. The highest BCUT2D eigenvalue weighted by atomic mass is 32.2. The fourth-order valence-electron chi connectivity index (χ4n) is 3.00. The number of pyridine rings is 1. The monoisotopic (exact) mass is 388 g/mol. The molecule has 0 aliphatic carbocycles. The van der Waals surface area contributed by atoms with Crippen molar-refractivity contribution in [1.82, 2.24) is 14.8 Å². The van der Waals surface area contributed by atoms with E-state index in [0.717, 1.165) is 15.9 Å². The maximum atomic E-state index is 13.2. The van der Waals surface area contributed by atoms with E-state index < -0.39 is 15.9 Å².